The molecule has 0 spiro atoms. The van der Waals surface area contributed by atoms with Crippen LogP contribution in [0, 0.1) is 11.6 Å². The summed E-state index contributed by atoms with van der Waals surface area (Å²) in [4.78, 5) is 22.4. The van der Waals surface area contributed by atoms with Gasteiger partial charge in [-0.05, 0) is 54.7 Å². The van der Waals surface area contributed by atoms with Crippen LogP contribution in [0.5, 0.6) is 0 Å². The molecule has 1 saturated heterocycles. The fraction of sp³-hybridized carbons (Fsp3) is 0.370. The molecule has 1 aliphatic rings. The van der Waals surface area contributed by atoms with E-state index < -0.39 is 17.6 Å². The Bertz CT molecular complexity index is 1140. The highest BCUT2D eigenvalue weighted by molar-refractivity contribution is 5.66. The lowest BCUT2D eigenvalue weighted by molar-refractivity contribution is -0.137. The van der Waals surface area contributed by atoms with Gasteiger partial charge in [-0.2, -0.15) is 0 Å². The molecule has 0 radical (unpaired) electrons. The first-order valence-electron chi connectivity index (χ1n) is 12.0. The molecular weight excluding hydrogens is 450 g/mol. The molecule has 2 aromatic carbocycles. The number of aromatic nitrogens is 2. The normalized spacial score (nSPS) is 16.3. The number of carboxylic acids is 1. The van der Waals surface area contributed by atoms with Gasteiger partial charge in [-0.1, -0.05) is 18.2 Å². The molecule has 1 unspecified atom stereocenters. The van der Waals surface area contributed by atoms with Crippen LogP contribution in [0.2, 0.25) is 0 Å². The third kappa shape index (κ3) is 7.37. The number of halogens is 2. The minimum atomic E-state index is -0.764. The van der Waals surface area contributed by atoms with E-state index >= 15 is 0 Å². The van der Waals surface area contributed by atoms with Crippen LogP contribution in [0.25, 0.3) is 11.3 Å². The quantitative estimate of drug-likeness (QED) is 0.452. The molecule has 0 aliphatic carbocycles. The molecule has 35 heavy (non-hydrogen) atoms. The maximum absolute atomic E-state index is 13.4. The standard InChI is InChI=1S/C27H30F2N4O2/c28-22-14-19(15-23(29)16-22)3-2-6-26-31-10-9-25(32-26)21-5-1-4-20(13-21)18-33-12-11-30-17-24(33)7-8-27(34)35/h1,4-5,9-10,13-16,24,30H,2-3,6-8,11-12,17-18H2,(H,34,35). The van der Waals surface area contributed by atoms with Crippen molar-refractivity contribution in [1.29, 1.82) is 0 Å². The number of nitrogens with zero attached hydrogens (tertiary/aromatic N) is 3. The average Bonchev–Trinajstić information content (AvgIpc) is 2.83. The van der Waals surface area contributed by atoms with Crippen LogP contribution in [-0.4, -0.2) is 51.6 Å². The van der Waals surface area contributed by atoms with E-state index in [1.165, 1.54) is 12.1 Å². The summed E-state index contributed by atoms with van der Waals surface area (Å²) in [5.41, 5.74) is 3.60. The Balaban J connectivity index is 1.39. The molecule has 1 atom stereocenters. The van der Waals surface area contributed by atoms with Crippen molar-refractivity contribution in [3.8, 4) is 11.3 Å². The van der Waals surface area contributed by atoms with Crippen LogP contribution >= 0.6 is 0 Å². The molecule has 2 N–H and O–H groups in total. The van der Waals surface area contributed by atoms with E-state index in [4.69, 9.17) is 10.1 Å². The molecule has 3 aromatic rings. The van der Waals surface area contributed by atoms with Crippen molar-refractivity contribution < 1.29 is 18.7 Å². The molecule has 1 aromatic heterocycles. The van der Waals surface area contributed by atoms with Crippen LogP contribution in [0.15, 0.2) is 54.7 Å². The molecule has 6 nitrogen and oxygen atoms in total. The van der Waals surface area contributed by atoms with Gasteiger partial charge < -0.3 is 10.4 Å². The van der Waals surface area contributed by atoms with Crippen molar-refractivity contribution in [2.24, 2.45) is 0 Å². The van der Waals surface area contributed by atoms with Gasteiger partial charge >= 0.3 is 5.97 Å². The second kappa shape index (κ2) is 12.0. The van der Waals surface area contributed by atoms with E-state index in [0.717, 1.165) is 49.1 Å². The van der Waals surface area contributed by atoms with E-state index in [1.54, 1.807) is 6.20 Å². The number of aryl methyl sites for hydroxylation is 2. The molecule has 8 heteroatoms. The summed E-state index contributed by atoms with van der Waals surface area (Å²) in [5, 5.41) is 12.4. The number of aliphatic carboxylic acids is 1. The van der Waals surface area contributed by atoms with E-state index in [-0.39, 0.29) is 12.5 Å². The van der Waals surface area contributed by atoms with Crippen molar-refractivity contribution in [3.63, 3.8) is 0 Å². The van der Waals surface area contributed by atoms with Gasteiger partial charge in [-0.3, -0.25) is 9.69 Å². The molecule has 0 bridgehead atoms. The largest absolute Gasteiger partial charge is 0.481 e. The van der Waals surface area contributed by atoms with Gasteiger partial charge in [-0.25, -0.2) is 18.7 Å². The van der Waals surface area contributed by atoms with E-state index in [1.807, 2.05) is 18.2 Å². The Hall–Kier alpha value is -3.23. The number of hydrogen-bond acceptors (Lipinski definition) is 5. The summed E-state index contributed by atoms with van der Waals surface area (Å²) in [6, 6.07) is 13.9. The number of hydrogen-bond donors (Lipinski definition) is 2. The van der Waals surface area contributed by atoms with Gasteiger partial charge in [-0.15, -0.1) is 0 Å². The Morgan fingerprint density at radius 1 is 1.09 bits per heavy atom. The zero-order chi connectivity index (χ0) is 24.6. The summed E-state index contributed by atoms with van der Waals surface area (Å²) in [5.74, 6) is -1.19. The summed E-state index contributed by atoms with van der Waals surface area (Å²) < 4.78 is 26.8. The predicted octanol–water partition coefficient (Wildman–Crippen LogP) is 4.24. The predicted molar refractivity (Wildman–Crippen MR) is 130 cm³/mol. The van der Waals surface area contributed by atoms with Gasteiger partial charge in [0.2, 0.25) is 0 Å². The fourth-order valence-corrected chi connectivity index (χ4v) is 4.54. The monoisotopic (exact) mass is 480 g/mol. The van der Waals surface area contributed by atoms with Gasteiger partial charge in [0, 0.05) is 62.9 Å². The molecule has 4 rings (SSSR count). The summed E-state index contributed by atoms with van der Waals surface area (Å²) in [6.07, 6.45) is 4.38. The lowest BCUT2D eigenvalue weighted by Crippen LogP contribution is -2.50. The van der Waals surface area contributed by atoms with Crippen molar-refractivity contribution in [1.82, 2.24) is 20.2 Å². The molecule has 2 heterocycles. The molecule has 0 amide bonds. The Morgan fingerprint density at radius 3 is 2.71 bits per heavy atom. The Kier molecular flexibility index (Phi) is 8.50. The minimum Gasteiger partial charge on any atom is -0.481 e. The van der Waals surface area contributed by atoms with Gasteiger partial charge in [0.15, 0.2) is 0 Å². The number of carbonyl (C=O) groups is 1. The van der Waals surface area contributed by atoms with Crippen LogP contribution in [0.3, 0.4) is 0 Å². The van der Waals surface area contributed by atoms with Gasteiger partial charge in [0.05, 0.1) is 5.69 Å². The molecular formula is C27H30F2N4O2. The van der Waals surface area contributed by atoms with Gasteiger partial charge in [0.25, 0.3) is 0 Å². The first-order valence-corrected chi connectivity index (χ1v) is 12.0. The fourth-order valence-electron chi connectivity index (χ4n) is 4.54. The van der Waals surface area contributed by atoms with E-state index in [2.05, 4.69) is 27.3 Å². The second-order valence-electron chi connectivity index (χ2n) is 8.95. The van der Waals surface area contributed by atoms with Crippen LogP contribution < -0.4 is 5.32 Å². The third-order valence-corrected chi connectivity index (χ3v) is 6.27. The highest BCUT2D eigenvalue weighted by atomic mass is 19.1. The van der Waals surface area contributed by atoms with E-state index in [0.29, 0.717) is 37.1 Å². The first-order chi connectivity index (χ1) is 17.0. The lowest BCUT2D eigenvalue weighted by Gasteiger charge is -2.36. The molecule has 0 saturated carbocycles. The number of benzene rings is 2. The van der Waals surface area contributed by atoms with Crippen molar-refractivity contribution in [2.45, 2.75) is 44.7 Å². The minimum absolute atomic E-state index is 0.167. The highest BCUT2D eigenvalue weighted by Crippen LogP contribution is 2.21. The summed E-state index contributed by atoms with van der Waals surface area (Å²) >= 11 is 0. The Morgan fingerprint density at radius 2 is 1.91 bits per heavy atom. The lowest BCUT2D eigenvalue weighted by atomic mass is 10.0. The zero-order valence-corrected chi connectivity index (χ0v) is 19.6. The maximum atomic E-state index is 13.4. The zero-order valence-electron chi connectivity index (χ0n) is 19.6. The Labute approximate surface area is 204 Å². The number of carboxylic acid groups (broad SMARTS) is 1. The van der Waals surface area contributed by atoms with E-state index in [9.17, 15) is 13.6 Å². The van der Waals surface area contributed by atoms with Crippen LogP contribution in [-0.2, 0) is 24.2 Å². The summed E-state index contributed by atoms with van der Waals surface area (Å²) in [6.45, 7) is 3.31. The SMILES string of the molecule is O=C(O)CCC1CNCCN1Cc1cccc(-c2ccnc(CCCc3cc(F)cc(F)c3)n2)c1. The molecule has 184 valence electrons. The van der Waals surface area contributed by atoms with Crippen LogP contribution in [0.1, 0.15) is 36.2 Å². The van der Waals surface area contributed by atoms with Crippen LogP contribution in [0.4, 0.5) is 8.78 Å². The first kappa shape index (κ1) is 24.9. The van der Waals surface area contributed by atoms with Crippen molar-refractivity contribution in [3.05, 3.63) is 83.3 Å². The summed E-state index contributed by atoms with van der Waals surface area (Å²) in [7, 11) is 0. The highest BCUT2D eigenvalue weighted by Gasteiger charge is 2.23. The molecule has 1 fully saturated rings. The average molecular weight is 481 g/mol. The third-order valence-electron chi connectivity index (χ3n) is 6.27. The maximum Gasteiger partial charge on any atom is 0.303 e. The second-order valence-corrected chi connectivity index (χ2v) is 8.95. The number of rotatable bonds is 10. The van der Waals surface area contributed by atoms with Gasteiger partial charge in [0.1, 0.15) is 17.5 Å². The molecule has 1 aliphatic heterocycles. The van der Waals surface area contributed by atoms with Crippen molar-refractivity contribution in [2.75, 3.05) is 19.6 Å². The number of piperazine rings is 1. The van der Waals surface area contributed by atoms with Crippen molar-refractivity contribution >= 4 is 5.97 Å². The smallest absolute Gasteiger partial charge is 0.303 e. The topological polar surface area (TPSA) is 78.4 Å². The number of nitrogens with one attached hydrogen (secondary N) is 1.